The molecule has 4 rings (SSSR count). The normalized spacial score (nSPS) is 18.8. The summed E-state index contributed by atoms with van der Waals surface area (Å²) >= 11 is 0. The molecule has 0 bridgehead atoms. The van der Waals surface area contributed by atoms with Crippen molar-refractivity contribution in [3.63, 3.8) is 0 Å². The maximum absolute atomic E-state index is 13.0. The van der Waals surface area contributed by atoms with Crippen molar-refractivity contribution in [2.45, 2.75) is 50.5 Å². The van der Waals surface area contributed by atoms with E-state index in [0.29, 0.717) is 30.0 Å². The lowest BCUT2D eigenvalue weighted by Crippen LogP contribution is -2.44. The van der Waals surface area contributed by atoms with Gasteiger partial charge in [-0.2, -0.15) is 4.31 Å². The van der Waals surface area contributed by atoms with E-state index in [0.717, 1.165) is 19.3 Å². The number of carbonyl (C=O) groups is 2. The summed E-state index contributed by atoms with van der Waals surface area (Å²) in [5.41, 5.74) is 3.12. The van der Waals surface area contributed by atoms with E-state index in [1.54, 1.807) is 12.1 Å². The van der Waals surface area contributed by atoms with Crippen molar-refractivity contribution in [3.8, 4) is 0 Å². The molecule has 164 valence electrons. The quantitative estimate of drug-likeness (QED) is 0.773. The summed E-state index contributed by atoms with van der Waals surface area (Å²) in [5, 5.41) is 2.89. The minimum absolute atomic E-state index is 0.216. The third kappa shape index (κ3) is 4.09. The van der Waals surface area contributed by atoms with Gasteiger partial charge in [-0.25, -0.2) is 8.42 Å². The minimum atomic E-state index is -3.56. The first-order valence-corrected chi connectivity index (χ1v) is 12.1. The Balaban J connectivity index is 1.59. The molecule has 2 amide bonds. The molecule has 2 aliphatic heterocycles. The molecule has 2 aliphatic rings. The number of sulfonamides is 1. The molecule has 0 aromatic heterocycles. The molecule has 1 fully saturated rings. The summed E-state index contributed by atoms with van der Waals surface area (Å²) in [4.78, 5) is 27.1. The number of hydrogen-bond acceptors (Lipinski definition) is 4. The Kier molecular flexibility index (Phi) is 5.85. The van der Waals surface area contributed by atoms with Crippen molar-refractivity contribution in [2.75, 3.05) is 23.3 Å². The molecule has 1 N–H and O–H groups in total. The summed E-state index contributed by atoms with van der Waals surface area (Å²) < 4.78 is 27.3. The molecule has 2 aromatic carbocycles. The zero-order valence-electron chi connectivity index (χ0n) is 17.8. The Morgan fingerprint density at radius 3 is 2.35 bits per heavy atom. The number of nitrogens with zero attached hydrogens (tertiary/aromatic N) is 2. The van der Waals surface area contributed by atoms with Gasteiger partial charge < -0.3 is 5.32 Å². The van der Waals surface area contributed by atoms with Gasteiger partial charge in [0.25, 0.3) is 0 Å². The van der Waals surface area contributed by atoms with Gasteiger partial charge in [-0.1, -0.05) is 19.1 Å². The number of amides is 2. The van der Waals surface area contributed by atoms with Gasteiger partial charge in [0.2, 0.25) is 21.8 Å². The van der Waals surface area contributed by atoms with Gasteiger partial charge >= 0.3 is 0 Å². The van der Waals surface area contributed by atoms with Crippen LogP contribution in [0.1, 0.15) is 37.8 Å². The minimum Gasteiger partial charge on any atom is -0.324 e. The first-order valence-electron chi connectivity index (χ1n) is 10.6. The van der Waals surface area contributed by atoms with Crippen LogP contribution < -0.4 is 10.2 Å². The Bertz CT molecular complexity index is 1110. The third-order valence-corrected chi connectivity index (χ3v) is 7.90. The van der Waals surface area contributed by atoms with Crippen LogP contribution in [0.2, 0.25) is 0 Å². The molecule has 0 spiro atoms. The fourth-order valence-electron chi connectivity index (χ4n) is 4.31. The van der Waals surface area contributed by atoms with E-state index in [4.69, 9.17) is 0 Å². The topological polar surface area (TPSA) is 86.8 Å². The van der Waals surface area contributed by atoms with Crippen molar-refractivity contribution < 1.29 is 18.0 Å². The van der Waals surface area contributed by atoms with Crippen LogP contribution in [0.25, 0.3) is 0 Å². The van der Waals surface area contributed by atoms with Gasteiger partial charge in [0.1, 0.15) is 6.04 Å². The summed E-state index contributed by atoms with van der Waals surface area (Å²) in [6.07, 6.45) is 2.91. The van der Waals surface area contributed by atoms with Gasteiger partial charge in [-0.3, -0.25) is 14.5 Å². The zero-order valence-corrected chi connectivity index (χ0v) is 18.6. The average molecular weight is 442 g/mol. The Labute approximate surface area is 183 Å². The van der Waals surface area contributed by atoms with Crippen LogP contribution in [0.4, 0.5) is 11.4 Å². The first kappa shape index (κ1) is 21.5. The second-order valence-corrected chi connectivity index (χ2v) is 9.99. The summed E-state index contributed by atoms with van der Waals surface area (Å²) in [5.74, 6) is -0.546. The summed E-state index contributed by atoms with van der Waals surface area (Å²) in [6.45, 7) is 4.54. The van der Waals surface area contributed by atoms with Crippen LogP contribution in [-0.2, 0) is 32.5 Å². The molecule has 0 aliphatic carbocycles. The van der Waals surface area contributed by atoms with Crippen molar-refractivity contribution in [3.05, 3.63) is 53.6 Å². The monoisotopic (exact) mass is 441 g/mol. The standard InChI is InChI=1S/C23H27N3O4S/c1-3-17-6-8-19(9-7-17)24-23(28)22-15-18-14-20(10-11-21(18)26(22)16(2)27)31(29,30)25-12-4-5-13-25/h6-11,14,22H,3-5,12-13,15H2,1-2H3,(H,24,28)/t22-/m0/s1. The Hall–Kier alpha value is -2.71. The molecule has 0 saturated carbocycles. The number of hydrogen-bond donors (Lipinski definition) is 1. The molecule has 8 heteroatoms. The molecule has 2 aromatic rings. The van der Waals surface area contributed by atoms with E-state index in [2.05, 4.69) is 12.2 Å². The molecule has 1 atom stereocenters. The van der Waals surface area contributed by atoms with E-state index in [1.165, 1.54) is 27.8 Å². The van der Waals surface area contributed by atoms with Gasteiger partial charge in [0, 0.05) is 37.8 Å². The van der Waals surface area contributed by atoms with E-state index in [9.17, 15) is 18.0 Å². The molecule has 1 saturated heterocycles. The predicted octanol–water partition coefficient (Wildman–Crippen LogP) is 2.95. The van der Waals surface area contributed by atoms with Crippen LogP contribution in [0.5, 0.6) is 0 Å². The van der Waals surface area contributed by atoms with Crippen molar-refractivity contribution in [1.29, 1.82) is 0 Å². The lowest BCUT2D eigenvalue weighted by Gasteiger charge is -2.23. The second-order valence-electron chi connectivity index (χ2n) is 8.05. The van der Waals surface area contributed by atoms with Gasteiger partial charge in [-0.05, 0) is 60.7 Å². The average Bonchev–Trinajstić information content (AvgIpc) is 3.42. The first-order chi connectivity index (χ1) is 14.8. The fraction of sp³-hybridized carbons (Fsp3) is 0.391. The van der Waals surface area contributed by atoms with Crippen molar-refractivity contribution in [1.82, 2.24) is 4.31 Å². The molecular weight excluding hydrogens is 414 g/mol. The molecule has 0 unspecified atom stereocenters. The van der Waals surface area contributed by atoms with Gasteiger partial charge in [-0.15, -0.1) is 0 Å². The summed E-state index contributed by atoms with van der Waals surface area (Å²) in [7, 11) is -3.56. The van der Waals surface area contributed by atoms with Gasteiger partial charge in [0.05, 0.1) is 4.90 Å². The second kappa shape index (κ2) is 8.43. The highest BCUT2D eigenvalue weighted by atomic mass is 32.2. The van der Waals surface area contributed by atoms with Crippen LogP contribution >= 0.6 is 0 Å². The largest absolute Gasteiger partial charge is 0.324 e. The van der Waals surface area contributed by atoms with E-state index >= 15 is 0 Å². The number of aryl methyl sites for hydroxylation is 1. The molecule has 0 radical (unpaired) electrons. The number of rotatable bonds is 5. The molecule has 7 nitrogen and oxygen atoms in total. The number of anilines is 2. The Morgan fingerprint density at radius 1 is 1.06 bits per heavy atom. The number of nitrogens with one attached hydrogen (secondary N) is 1. The van der Waals surface area contributed by atoms with Gasteiger partial charge in [0.15, 0.2) is 0 Å². The van der Waals surface area contributed by atoms with Crippen molar-refractivity contribution >= 4 is 33.2 Å². The smallest absolute Gasteiger partial charge is 0.247 e. The highest BCUT2D eigenvalue weighted by Gasteiger charge is 2.38. The zero-order chi connectivity index (χ0) is 22.2. The Morgan fingerprint density at radius 2 is 1.74 bits per heavy atom. The highest BCUT2D eigenvalue weighted by Crippen LogP contribution is 2.35. The van der Waals surface area contributed by atoms with Crippen molar-refractivity contribution in [2.24, 2.45) is 0 Å². The summed E-state index contributed by atoms with van der Waals surface area (Å²) in [6, 6.07) is 11.7. The lowest BCUT2D eigenvalue weighted by atomic mass is 10.1. The number of fused-ring (bicyclic) bond motifs is 1. The highest BCUT2D eigenvalue weighted by molar-refractivity contribution is 7.89. The van der Waals surface area contributed by atoms with E-state index in [1.807, 2.05) is 24.3 Å². The van der Waals surface area contributed by atoms with E-state index in [-0.39, 0.29) is 23.1 Å². The number of carbonyl (C=O) groups excluding carboxylic acids is 2. The van der Waals surface area contributed by atoms with E-state index < -0.39 is 16.1 Å². The lowest BCUT2D eigenvalue weighted by molar-refractivity contribution is -0.122. The fourth-order valence-corrected chi connectivity index (χ4v) is 5.88. The predicted molar refractivity (Wildman–Crippen MR) is 120 cm³/mol. The molecular formula is C23H27N3O4S. The SMILES string of the molecule is CCc1ccc(NC(=O)[C@@H]2Cc3cc(S(=O)(=O)N4CCCC4)ccc3N2C(C)=O)cc1. The van der Waals surface area contributed by atoms with Crippen LogP contribution in [0.15, 0.2) is 47.4 Å². The van der Waals surface area contributed by atoms with Crippen LogP contribution in [0, 0.1) is 0 Å². The number of benzene rings is 2. The molecule has 31 heavy (non-hydrogen) atoms. The molecule has 2 heterocycles. The maximum Gasteiger partial charge on any atom is 0.247 e. The third-order valence-electron chi connectivity index (χ3n) is 6.01. The van der Waals surface area contributed by atoms with Crippen LogP contribution in [-0.4, -0.2) is 43.7 Å². The van der Waals surface area contributed by atoms with Crippen LogP contribution in [0.3, 0.4) is 0 Å². The maximum atomic E-state index is 13.0.